The van der Waals surface area contributed by atoms with Gasteiger partial charge < -0.3 is 5.73 Å². The third-order valence-corrected chi connectivity index (χ3v) is 2.52. The smallest absolute Gasteiger partial charge is 0.217 e. The van der Waals surface area contributed by atoms with Crippen molar-refractivity contribution in [3.05, 3.63) is 41.7 Å². The van der Waals surface area contributed by atoms with Crippen molar-refractivity contribution in [2.75, 3.05) is 0 Å². The van der Waals surface area contributed by atoms with Crippen molar-refractivity contribution >= 4 is 11.5 Å². The van der Waals surface area contributed by atoms with Crippen molar-refractivity contribution in [1.29, 1.82) is 0 Å². The van der Waals surface area contributed by atoms with E-state index in [0.29, 0.717) is 18.4 Å². The number of halogens is 1. The lowest BCUT2D eigenvalue weighted by Gasteiger charge is -2.07. The summed E-state index contributed by atoms with van der Waals surface area (Å²) in [6.07, 6.45) is 1.39. The lowest BCUT2D eigenvalue weighted by Crippen LogP contribution is -2.09. The monoisotopic (exact) mass is 221 g/mol. The largest absolute Gasteiger partial charge is 0.370 e. The van der Waals surface area contributed by atoms with Crippen LogP contribution in [0.1, 0.15) is 30.9 Å². The number of rotatable bonds is 5. The first kappa shape index (κ1) is 12.4. The van der Waals surface area contributed by atoms with E-state index in [2.05, 4.69) is 6.58 Å². The molecule has 0 radical (unpaired) electrons. The Kier molecular flexibility index (Phi) is 4.23. The van der Waals surface area contributed by atoms with Gasteiger partial charge in [0.25, 0.3) is 0 Å². The van der Waals surface area contributed by atoms with Crippen LogP contribution in [0.4, 0.5) is 4.39 Å². The highest BCUT2D eigenvalue weighted by Gasteiger charge is 2.05. The molecule has 0 saturated carbocycles. The number of aryl methyl sites for hydroxylation is 1. The molecule has 0 saturated heterocycles. The van der Waals surface area contributed by atoms with E-state index < -0.39 is 0 Å². The van der Waals surface area contributed by atoms with Crippen LogP contribution in [0.15, 0.2) is 24.8 Å². The SMILES string of the molecule is C=C(CCC(N)=O)c1ccc(CC)c(F)c1. The second-order valence-corrected chi connectivity index (χ2v) is 3.73. The van der Waals surface area contributed by atoms with Gasteiger partial charge >= 0.3 is 0 Å². The number of allylic oxidation sites excluding steroid dienone is 1. The standard InChI is InChI=1S/C13H16FNO/c1-3-10-5-6-11(8-12(10)14)9(2)4-7-13(15)16/h5-6,8H,2-4,7H2,1H3,(H2,15,16). The summed E-state index contributed by atoms with van der Waals surface area (Å²) in [5.41, 5.74) is 7.20. The van der Waals surface area contributed by atoms with Crippen molar-refractivity contribution in [2.24, 2.45) is 5.73 Å². The second-order valence-electron chi connectivity index (χ2n) is 3.73. The molecule has 3 heteroatoms. The maximum Gasteiger partial charge on any atom is 0.217 e. The summed E-state index contributed by atoms with van der Waals surface area (Å²) < 4.78 is 13.5. The molecule has 1 rings (SSSR count). The van der Waals surface area contributed by atoms with Crippen LogP contribution in [0.2, 0.25) is 0 Å². The van der Waals surface area contributed by atoms with Crippen LogP contribution in [-0.4, -0.2) is 5.91 Å². The molecule has 0 aromatic heterocycles. The molecule has 2 nitrogen and oxygen atoms in total. The summed E-state index contributed by atoms with van der Waals surface area (Å²) in [6.45, 7) is 5.72. The number of nitrogens with two attached hydrogens (primary N) is 1. The normalized spacial score (nSPS) is 10.1. The van der Waals surface area contributed by atoms with Gasteiger partial charge in [0.05, 0.1) is 0 Å². The van der Waals surface area contributed by atoms with E-state index in [9.17, 15) is 9.18 Å². The quantitative estimate of drug-likeness (QED) is 0.816. The molecule has 0 atom stereocenters. The molecule has 86 valence electrons. The highest BCUT2D eigenvalue weighted by Crippen LogP contribution is 2.20. The fourth-order valence-electron chi connectivity index (χ4n) is 1.47. The Balaban J connectivity index is 2.77. The third kappa shape index (κ3) is 3.19. The summed E-state index contributed by atoms with van der Waals surface area (Å²) >= 11 is 0. The second kappa shape index (κ2) is 5.45. The molecule has 16 heavy (non-hydrogen) atoms. The van der Waals surface area contributed by atoms with Gasteiger partial charge in [-0.3, -0.25) is 4.79 Å². The van der Waals surface area contributed by atoms with E-state index in [4.69, 9.17) is 5.73 Å². The molecule has 2 N–H and O–H groups in total. The number of primary amides is 1. The van der Waals surface area contributed by atoms with Crippen LogP contribution in [0.25, 0.3) is 5.57 Å². The average molecular weight is 221 g/mol. The number of benzene rings is 1. The summed E-state index contributed by atoms with van der Waals surface area (Å²) in [5, 5.41) is 0. The Bertz CT molecular complexity index is 412. The Morgan fingerprint density at radius 3 is 2.62 bits per heavy atom. The van der Waals surface area contributed by atoms with Gasteiger partial charge in [0.2, 0.25) is 5.91 Å². The zero-order chi connectivity index (χ0) is 12.1. The van der Waals surface area contributed by atoms with Crippen molar-refractivity contribution < 1.29 is 9.18 Å². The lowest BCUT2D eigenvalue weighted by molar-refractivity contribution is -0.117. The van der Waals surface area contributed by atoms with E-state index >= 15 is 0 Å². The minimum atomic E-state index is -0.369. The minimum Gasteiger partial charge on any atom is -0.370 e. The fraction of sp³-hybridized carbons (Fsp3) is 0.308. The van der Waals surface area contributed by atoms with Gasteiger partial charge in [-0.1, -0.05) is 25.6 Å². The highest BCUT2D eigenvalue weighted by atomic mass is 19.1. The summed E-state index contributed by atoms with van der Waals surface area (Å²) in [5.74, 6) is -0.591. The molecule has 0 aliphatic carbocycles. The van der Waals surface area contributed by atoms with E-state index in [1.165, 1.54) is 6.07 Å². The molecule has 0 bridgehead atoms. The number of carbonyl (C=O) groups excluding carboxylic acids is 1. The average Bonchev–Trinajstić information content (AvgIpc) is 2.25. The van der Waals surface area contributed by atoms with Gasteiger partial charge in [-0.2, -0.15) is 0 Å². The number of hydrogen-bond donors (Lipinski definition) is 1. The molecular weight excluding hydrogens is 205 g/mol. The van der Waals surface area contributed by atoms with Gasteiger partial charge in [0.1, 0.15) is 5.82 Å². The summed E-state index contributed by atoms with van der Waals surface area (Å²) in [7, 11) is 0. The third-order valence-electron chi connectivity index (χ3n) is 2.52. The van der Waals surface area contributed by atoms with Gasteiger partial charge in [0.15, 0.2) is 0 Å². The van der Waals surface area contributed by atoms with Crippen molar-refractivity contribution in [1.82, 2.24) is 0 Å². The Labute approximate surface area is 95.0 Å². The van der Waals surface area contributed by atoms with E-state index in [1.807, 2.05) is 13.0 Å². The minimum absolute atomic E-state index is 0.222. The zero-order valence-electron chi connectivity index (χ0n) is 9.42. The predicted molar refractivity (Wildman–Crippen MR) is 63.2 cm³/mol. The van der Waals surface area contributed by atoms with Crippen LogP contribution in [0.5, 0.6) is 0 Å². The molecule has 1 aromatic carbocycles. The zero-order valence-corrected chi connectivity index (χ0v) is 9.42. The Morgan fingerprint density at radius 1 is 1.44 bits per heavy atom. The maximum atomic E-state index is 13.5. The topological polar surface area (TPSA) is 43.1 Å². The fourth-order valence-corrected chi connectivity index (χ4v) is 1.47. The first-order valence-corrected chi connectivity index (χ1v) is 5.29. The first-order chi connectivity index (χ1) is 7.54. The molecule has 0 aliphatic rings. The van der Waals surface area contributed by atoms with Crippen LogP contribution in [0.3, 0.4) is 0 Å². The Hall–Kier alpha value is -1.64. The van der Waals surface area contributed by atoms with Crippen molar-refractivity contribution in [3.8, 4) is 0 Å². The molecular formula is C13H16FNO. The molecule has 0 spiro atoms. The van der Waals surface area contributed by atoms with E-state index in [0.717, 1.165) is 11.1 Å². The van der Waals surface area contributed by atoms with Gasteiger partial charge in [-0.25, -0.2) is 4.39 Å². The molecule has 1 aromatic rings. The molecule has 0 unspecified atom stereocenters. The van der Waals surface area contributed by atoms with Crippen molar-refractivity contribution in [3.63, 3.8) is 0 Å². The van der Waals surface area contributed by atoms with Crippen LogP contribution in [0, 0.1) is 5.82 Å². The lowest BCUT2D eigenvalue weighted by atomic mass is 10.0. The van der Waals surface area contributed by atoms with E-state index in [1.54, 1.807) is 6.07 Å². The molecule has 0 aliphatic heterocycles. The number of amides is 1. The number of carbonyl (C=O) groups is 1. The number of hydrogen-bond acceptors (Lipinski definition) is 1. The molecule has 0 fully saturated rings. The first-order valence-electron chi connectivity index (χ1n) is 5.29. The Morgan fingerprint density at radius 2 is 2.12 bits per heavy atom. The molecule has 0 heterocycles. The van der Waals surface area contributed by atoms with Crippen LogP contribution < -0.4 is 5.73 Å². The molecule has 1 amide bonds. The van der Waals surface area contributed by atoms with Gasteiger partial charge in [-0.15, -0.1) is 0 Å². The van der Waals surface area contributed by atoms with Gasteiger partial charge in [0, 0.05) is 6.42 Å². The van der Waals surface area contributed by atoms with Crippen molar-refractivity contribution in [2.45, 2.75) is 26.2 Å². The van der Waals surface area contributed by atoms with E-state index in [-0.39, 0.29) is 18.1 Å². The summed E-state index contributed by atoms with van der Waals surface area (Å²) in [6, 6.07) is 5.04. The highest BCUT2D eigenvalue weighted by molar-refractivity contribution is 5.76. The summed E-state index contributed by atoms with van der Waals surface area (Å²) in [4.78, 5) is 10.6. The predicted octanol–water partition coefficient (Wildman–Crippen LogP) is 2.67. The van der Waals surface area contributed by atoms with Crippen LogP contribution >= 0.6 is 0 Å². The maximum absolute atomic E-state index is 13.5. The van der Waals surface area contributed by atoms with Crippen LogP contribution in [-0.2, 0) is 11.2 Å². The van der Waals surface area contributed by atoms with Gasteiger partial charge in [-0.05, 0) is 35.6 Å².